The zero-order valence-electron chi connectivity index (χ0n) is 7.01. The monoisotopic (exact) mass is 192 g/mol. The van der Waals surface area contributed by atoms with E-state index in [0.717, 1.165) is 0 Å². The van der Waals surface area contributed by atoms with Crippen LogP contribution in [0, 0.1) is 0 Å². The Kier molecular flexibility index (Phi) is 3.22. The second-order valence-corrected chi connectivity index (χ2v) is 2.72. The van der Waals surface area contributed by atoms with Crippen LogP contribution in [0.5, 0.6) is 0 Å². The van der Waals surface area contributed by atoms with Crippen molar-refractivity contribution in [1.29, 1.82) is 0 Å². The molecule has 0 aliphatic rings. The lowest BCUT2D eigenvalue weighted by Gasteiger charge is -2.08. The molecule has 2 nitrogen and oxygen atoms in total. The summed E-state index contributed by atoms with van der Waals surface area (Å²) in [4.78, 5) is 0. The number of nitrogens with zero attached hydrogens (tertiary/aromatic N) is 1. The van der Waals surface area contributed by atoms with Crippen LogP contribution in [0.4, 0.5) is 13.2 Å². The molecule has 0 amide bonds. The molecule has 1 aromatic rings. The topological polar surface area (TPSA) is 17.0 Å². The number of rotatable bonds is 4. The molecule has 0 aromatic carbocycles. The molecule has 0 fully saturated rings. The molecule has 0 saturated heterocycles. The first-order valence-corrected chi connectivity index (χ1v) is 4.01. The normalized spacial score (nSPS) is 11.6. The first-order valence-electron chi connectivity index (χ1n) is 4.01. The minimum atomic E-state index is -4.04. The van der Waals surface area contributed by atoms with Gasteiger partial charge in [-0.05, 0) is 18.6 Å². The van der Waals surface area contributed by atoms with Crippen LogP contribution in [-0.4, -0.2) is 17.4 Å². The Hall–Kier alpha value is -1.13. The fraction of sp³-hybridized carbons (Fsp3) is 0.500. The Balaban J connectivity index is 2.09. The lowest BCUT2D eigenvalue weighted by atomic mass is 10.3. The molecule has 0 aliphatic heterocycles. The third kappa shape index (κ3) is 4.45. The summed E-state index contributed by atoms with van der Waals surface area (Å²) >= 11 is 0. The van der Waals surface area contributed by atoms with Gasteiger partial charge in [-0.3, -0.25) is 4.68 Å². The summed E-state index contributed by atoms with van der Waals surface area (Å²) < 4.78 is 36.7. The zero-order chi connectivity index (χ0) is 9.73. The average molecular weight is 192 g/mol. The molecule has 0 aliphatic carbocycles. The Bertz CT molecular complexity index is 228. The standard InChI is InChI=1S/C8H11F3N2/c9-8(10,11)4-3-5-12-13-6-1-2-7-13/h1-2,6-7,12H,3-5H2. The van der Waals surface area contributed by atoms with E-state index in [1.54, 1.807) is 29.2 Å². The molecule has 0 saturated carbocycles. The van der Waals surface area contributed by atoms with Gasteiger partial charge in [0, 0.05) is 25.4 Å². The molecule has 0 radical (unpaired) electrons. The molecule has 0 unspecified atom stereocenters. The summed E-state index contributed by atoms with van der Waals surface area (Å²) in [6.07, 6.45) is -1.19. The predicted molar refractivity (Wildman–Crippen MR) is 43.9 cm³/mol. The van der Waals surface area contributed by atoms with Gasteiger partial charge >= 0.3 is 6.18 Å². The second-order valence-electron chi connectivity index (χ2n) is 2.72. The first-order chi connectivity index (χ1) is 6.08. The highest BCUT2D eigenvalue weighted by molar-refractivity contribution is 4.92. The summed E-state index contributed by atoms with van der Waals surface area (Å²) in [5.41, 5.74) is 2.81. The average Bonchev–Trinajstić information content (AvgIpc) is 2.48. The van der Waals surface area contributed by atoms with Gasteiger partial charge in [-0.25, -0.2) is 0 Å². The molecular formula is C8H11F3N2. The zero-order valence-corrected chi connectivity index (χ0v) is 7.01. The molecule has 0 spiro atoms. The van der Waals surface area contributed by atoms with E-state index in [9.17, 15) is 13.2 Å². The van der Waals surface area contributed by atoms with Crippen molar-refractivity contribution in [3.8, 4) is 0 Å². The van der Waals surface area contributed by atoms with Crippen molar-refractivity contribution in [1.82, 2.24) is 4.68 Å². The summed E-state index contributed by atoms with van der Waals surface area (Å²) in [6, 6.07) is 3.60. The van der Waals surface area contributed by atoms with E-state index in [2.05, 4.69) is 5.43 Å². The van der Waals surface area contributed by atoms with E-state index in [0.29, 0.717) is 6.54 Å². The van der Waals surface area contributed by atoms with Crippen molar-refractivity contribution in [2.24, 2.45) is 0 Å². The number of hydrogen-bond donors (Lipinski definition) is 1. The van der Waals surface area contributed by atoms with Gasteiger partial charge in [-0.15, -0.1) is 0 Å². The Morgan fingerprint density at radius 3 is 2.31 bits per heavy atom. The van der Waals surface area contributed by atoms with Crippen molar-refractivity contribution >= 4 is 0 Å². The minimum Gasteiger partial charge on any atom is -0.326 e. The number of halogens is 3. The van der Waals surface area contributed by atoms with Gasteiger partial charge in [0.25, 0.3) is 0 Å². The van der Waals surface area contributed by atoms with Crippen LogP contribution >= 0.6 is 0 Å². The van der Waals surface area contributed by atoms with Crippen LogP contribution in [-0.2, 0) is 0 Å². The van der Waals surface area contributed by atoms with E-state index in [4.69, 9.17) is 0 Å². The Morgan fingerprint density at radius 2 is 1.77 bits per heavy atom. The fourth-order valence-electron chi connectivity index (χ4n) is 0.937. The van der Waals surface area contributed by atoms with Gasteiger partial charge < -0.3 is 5.43 Å². The quantitative estimate of drug-likeness (QED) is 0.724. The van der Waals surface area contributed by atoms with Gasteiger partial charge in [-0.2, -0.15) is 13.2 Å². The molecule has 1 aromatic heterocycles. The third-order valence-electron chi connectivity index (χ3n) is 1.54. The summed E-state index contributed by atoms with van der Waals surface area (Å²) in [5, 5.41) is 0. The van der Waals surface area contributed by atoms with Gasteiger partial charge in [0.15, 0.2) is 0 Å². The third-order valence-corrected chi connectivity index (χ3v) is 1.54. The van der Waals surface area contributed by atoms with Crippen LogP contribution in [0.15, 0.2) is 24.5 Å². The molecule has 0 atom stereocenters. The van der Waals surface area contributed by atoms with Crippen molar-refractivity contribution in [2.75, 3.05) is 12.0 Å². The van der Waals surface area contributed by atoms with Crippen molar-refractivity contribution in [3.05, 3.63) is 24.5 Å². The largest absolute Gasteiger partial charge is 0.389 e. The molecule has 0 bridgehead atoms. The lowest BCUT2D eigenvalue weighted by molar-refractivity contribution is -0.134. The molecular weight excluding hydrogens is 181 g/mol. The number of nitrogens with one attached hydrogen (secondary N) is 1. The van der Waals surface area contributed by atoms with E-state index in [1.165, 1.54) is 0 Å². The van der Waals surface area contributed by atoms with E-state index < -0.39 is 12.6 Å². The van der Waals surface area contributed by atoms with Gasteiger partial charge in [-0.1, -0.05) is 0 Å². The minimum absolute atomic E-state index is 0.0989. The number of alkyl halides is 3. The fourth-order valence-corrected chi connectivity index (χ4v) is 0.937. The van der Waals surface area contributed by atoms with E-state index >= 15 is 0 Å². The maximum Gasteiger partial charge on any atom is 0.389 e. The van der Waals surface area contributed by atoms with Crippen LogP contribution in [0.1, 0.15) is 12.8 Å². The van der Waals surface area contributed by atoms with Crippen LogP contribution in [0.2, 0.25) is 0 Å². The highest BCUT2D eigenvalue weighted by Gasteiger charge is 2.25. The molecule has 1 heterocycles. The van der Waals surface area contributed by atoms with Crippen molar-refractivity contribution in [2.45, 2.75) is 19.0 Å². The van der Waals surface area contributed by atoms with E-state index in [-0.39, 0.29) is 6.42 Å². The first kappa shape index (κ1) is 9.95. The maximum atomic E-state index is 11.7. The summed E-state index contributed by atoms with van der Waals surface area (Å²) in [5.74, 6) is 0. The molecule has 1 rings (SSSR count). The van der Waals surface area contributed by atoms with Crippen LogP contribution in [0.25, 0.3) is 0 Å². The Labute approximate surface area is 74.3 Å². The smallest absolute Gasteiger partial charge is 0.326 e. The number of hydrogen-bond acceptors (Lipinski definition) is 1. The van der Waals surface area contributed by atoms with Crippen LogP contribution in [0.3, 0.4) is 0 Å². The highest BCUT2D eigenvalue weighted by atomic mass is 19.4. The molecule has 13 heavy (non-hydrogen) atoms. The highest BCUT2D eigenvalue weighted by Crippen LogP contribution is 2.20. The van der Waals surface area contributed by atoms with Crippen LogP contribution < -0.4 is 5.43 Å². The van der Waals surface area contributed by atoms with Gasteiger partial charge in [0.05, 0.1) is 0 Å². The molecule has 1 N–H and O–H groups in total. The van der Waals surface area contributed by atoms with Crippen molar-refractivity contribution in [3.63, 3.8) is 0 Å². The Morgan fingerprint density at radius 1 is 1.15 bits per heavy atom. The molecule has 74 valence electrons. The summed E-state index contributed by atoms with van der Waals surface area (Å²) in [6.45, 7) is 0.328. The number of aromatic nitrogens is 1. The van der Waals surface area contributed by atoms with Crippen molar-refractivity contribution < 1.29 is 13.2 Å². The van der Waals surface area contributed by atoms with Gasteiger partial charge in [0.2, 0.25) is 0 Å². The predicted octanol–water partition coefficient (Wildman–Crippen LogP) is 2.37. The second kappa shape index (κ2) is 4.20. The maximum absolute atomic E-state index is 11.7. The summed E-state index contributed by atoms with van der Waals surface area (Å²) in [7, 11) is 0. The van der Waals surface area contributed by atoms with Gasteiger partial charge in [0.1, 0.15) is 0 Å². The lowest BCUT2D eigenvalue weighted by Crippen LogP contribution is -2.16. The SMILES string of the molecule is FC(F)(F)CCCNn1cccc1. The van der Waals surface area contributed by atoms with E-state index in [1.807, 2.05) is 0 Å². The molecule has 5 heteroatoms.